The van der Waals surface area contributed by atoms with E-state index >= 15 is 0 Å². The second-order valence-corrected chi connectivity index (χ2v) is 4.42. The highest BCUT2D eigenvalue weighted by molar-refractivity contribution is 6.31. The fourth-order valence-corrected chi connectivity index (χ4v) is 1.60. The van der Waals surface area contributed by atoms with Gasteiger partial charge in [-0.3, -0.25) is 4.79 Å². The van der Waals surface area contributed by atoms with E-state index in [4.69, 9.17) is 16.3 Å². The van der Waals surface area contributed by atoms with Gasteiger partial charge in [0.25, 0.3) is 0 Å². The maximum absolute atomic E-state index is 11.1. The Morgan fingerprint density at radius 3 is 2.89 bits per heavy atom. The molecule has 0 aromatic heterocycles. The van der Waals surface area contributed by atoms with E-state index in [0.717, 1.165) is 11.3 Å². The Hall–Kier alpha value is -1.26. The van der Waals surface area contributed by atoms with Crippen LogP contribution >= 0.6 is 11.6 Å². The van der Waals surface area contributed by atoms with Crippen LogP contribution in [0.15, 0.2) is 18.2 Å². The Bertz CT molecular complexity index is 409. The third kappa shape index (κ3) is 4.94. The number of esters is 1. The molecular weight excluding hydrogens is 254 g/mol. The molecule has 0 aliphatic rings. The van der Waals surface area contributed by atoms with Gasteiger partial charge in [0.05, 0.1) is 19.1 Å². The molecule has 0 saturated carbocycles. The highest BCUT2D eigenvalue weighted by Gasteiger charge is 2.11. The summed E-state index contributed by atoms with van der Waals surface area (Å²) in [4.78, 5) is 11.1. The number of aliphatic hydroxyl groups is 1. The first-order valence-corrected chi connectivity index (χ1v) is 6.24. The summed E-state index contributed by atoms with van der Waals surface area (Å²) in [5.74, 6) is -0.395. The van der Waals surface area contributed by atoms with Crippen molar-refractivity contribution < 1.29 is 14.6 Å². The maximum atomic E-state index is 11.1. The SMILES string of the molecule is CCOC(=O)CC(O)CNc1ccc(C)c(Cl)c1. The van der Waals surface area contributed by atoms with Crippen LogP contribution in [0.3, 0.4) is 0 Å². The second-order valence-electron chi connectivity index (χ2n) is 4.01. The summed E-state index contributed by atoms with van der Waals surface area (Å²) in [6.07, 6.45) is -0.787. The van der Waals surface area contributed by atoms with Crippen LogP contribution in [0.5, 0.6) is 0 Å². The number of benzene rings is 1. The molecule has 0 saturated heterocycles. The second kappa shape index (κ2) is 7.24. The van der Waals surface area contributed by atoms with Gasteiger partial charge in [-0.25, -0.2) is 0 Å². The number of anilines is 1. The predicted molar refractivity (Wildman–Crippen MR) is 71.9 cm³/mol. The van der Waals surface area contributed by atoms with Crippen LogP contribution in [-0.4, -0.2) is 30.3 Å². The fourth-order valence-electron chi connectivity index (χ4n) is 1.42. The summed E-state index contributed by atoms with van der Waals surface area (Å²) in [6, 6.07) is 5.55. The van der Waals surface area contributed by atoms with Crippen molar-refractivity contribution in [3.63, 3.8) is 0 Å². The number of carbonyl (C=O) groups is 1. The number of halogens is 1. The molecule has 2 N–H and O–H groups in total. The van der Waals surface area contributed by atoms with Crippen molar-refractivity contribution in [2.75, 3.05) is 18.5 Å². The lowest BCUT2D eigenvalue weighted by atomic mass is 10.2. The molecule has 1 atom stereocenters. The van der Waals surface area contributed by atoms with Crippen LogP contribution in [0.25, 0.3) is 0 Å². The first kappa shape index (κ1) is 14.8. The first-order valence-electron chi connectivity index (χ1n) is 5.86. The van der Waals surface area contributed by atoms with Gasteiger partial charge in [-0.1, -0.05) is 17.7 Å². The van der Waals surface area contributed by atoms with Crippen molar-refractivity contribution in [3.05, 3.63) is 28.8 Å². The van der Waals surface area contributed by atoms with Crippen LogP contribution in [0.4, 0.5) is 5.69 Å². The van der Waals surface area contributed by atoms with E-state index in [9.17, 15) is 9.90 Å². The Kier molecular flexibility index (Phi) is 5.95. The van der Waals surface area contributed by atoms with Crippen molar-refractivity contribution in [2.45, 2.75) is 26.4 Å². The number of hydrogen-bond acceptors (Lipinski definition) is 4. The molecule has 5 heteroatoms. The molecule has 0 bridgehead atoms. The summed E-state index contributed by atoms with van der Waals surface area (Å²) in [5.41, 5.74) is 1.81. The van der Waals surface area contributed by atoms with Gasteiger partial charge in [0.1, 0.15) is 0 Å². The molecule has 0 aliphatic carbocycles. The topological polar surface area (TPSA) is 58.6 Å². The zero-order valence-corrected chi connectivity index (χ0v) is 11.3. The summed E-state index contributed by atoms with van der Waals surface area (Å²) in [6.45, 7) is 4.25. The Morgan fingerprint density at radius 2 is 2.28 bits per heavy atom. The third-order valence-corrected chi connectivity index (χ3v) is 2.83. The Balaban J connectivity index is 2.40. The molecule has 0 spiro atoms. The molecule has 1 rings (SSSR count). The highest BCUT2D eigenvalue weighted by atomic mass is 35.5. The highest BCUT2D eigenvalue weighted by Crippen LogP contribution is 2.19. The number of hydrogen-bond donors (Lipinski definition) is 2. The van der Waals surface area contributed by atoms with Gasteiger partial charge in [0.2, 0.25) is 0 Å². The quantitative estimate of drug-likeness (QED) is 0.780. The number of aliphatic hydroxyl groups excluding tert-OH is 1. The van der Waals surface area contributed by atoms with Crippen molar-refractivity contribution in [1.82, 2.24) is 0 Å². The number of aryl methyl sites for hydroxylation is 1. The molecule has 18 heavy (non-hydrogen) atoms. The van der Waals surface area contributed by atoms with Crippen LogP contribution in [0.2, 0.25) is 5.02 Å². The molecule has 0 radical (unpaired) electrons. The van der Waals surface area contributed by atoms with Crippen molar-refractivity contribution >= 4 is 23.3 Å². The summed E-state index contributed by atoms with van der Waals surface area (Å²) in [7, 11) is 0. The molecule has 1 aromatic carbocycles. The first-order chi connectivity index (χ1) is 8.52. The van der Waals surface area contributed by atoms with Gasteiger partial charge in [-0.2, -0.15) is 0 Å². The Labute approximate surface area is 112 Å². The van der Waals surface area contributed by atoms with E-state index in [-0.39, 0.29) is 13.0 Å². The van der Waals surface area contributed by atoms with Gasteiger partial charge >= 0.3 is 5.97 Å². The molecule has 4 nitrogen and oxygen atoms in total. The van der Waals surface area contributed by atoms with E-state index in [1.54, 1.807) is 13.0 Å². The van der Waals surface area contributed by atoms with Gasteiger partial charge in [-0.15, -0.1) is 0 Å². The van der Waals surface area contributed by atoms with E-state index in [1.807, 2.05) is 19.1 Å². The number of carbonyl (C=O) groups excluding carboxylic acids is 1. The molecular formula is C13H18ClNO3. The lowest BCUT2D eigenvalue weighted by molar-refractivity contribution is -0.145. The monoisotopic (exact) mass is 271 g/mol. The zero-order chi connectivity index (χ0) is 13.5. The summed E-state index contributed by atoms with van der Waals surface area (Å²) >= 11 is 5.98. The lowest BCUT2D eigenvalue weighted by Gasteiger charge is -2.12. The van der Waals surface area contributed by atoms with Crippen LogP contribution < -0.4 is 5.32 Å². The normalized spacial score (nSPS) is 12.0. The smallest absolute Gasteiger partial charge is 0.308 e. The van der Waals surface area contributed by atoms with E-state index in [2.05, 4.69) is 5.32 Å². The van der Waals surface area contributed by atoms with Gasteiger partial charge in [0, 0.05) is 17.3 Å². The van der Waals surface area contributed by atoms with Gasteiger partial charge in [0.15, 0.2) is 0 Å². The standard InChI is InChI=1S/C13H18ClNO3/c1-3-18-13(17)7-11(16)8-15-10-5-4-9(2)12(14)6-10/h4-6,11,15-16H,3,7-8H2,1-2H3. The van der Waals surface area contributed by atoms with Crippen molar-refractivity contribution in [3.8, 4) is 0 Å². The Morgan fingerprint density at radius 1 is 1.56 bits per heavy atom. The third-order valence-electron chi connectivity index (χ3n) is 2.42. The minimum Gasteiger partial charge on any atom is -0.466 e. The number of nitrogens with one attached hydrogen (secondary N) is 1. The summed E-state index contributed by atoms with van der Waals surface area (Å²) in [5, 5.41) is 13.3. The van der Waals surface area contributed by atoms with Crippen LogP contribution in [0.1, 0.15) is 18.9 Å². The van der Waals surface area contributed by atoms with E-state index in [0.29, 0.717) is 11.6 Å². The fraction of sp³-hybridized carbons (Fsp3) is 0.462. The average Bonchev–Trinajstić information content (AvgIpc) is 2.31. The maximum Gasteiger partial charge on any atom is 0.308 e. The largest absolute Gasteiger partial charge is 0.466 e. The molecule has 1 unspecified atom stereocenters. The molecule has 1 aromatic rings. The molecule has 0 fully saturated rings. The number of ether oxygens (including phenoxy) is 1. The van der Waals surface area contributed by atoms with Gasteiger partial charge in [-0.05, 0) is 31.5 Å². The van der Waals surface area contributed by atoms with E-state index < -0.39 is 12.1 Å². The van der Waals surface area contributed by atoms with Crippen LogP contribution in [-0.2, 0) is 9.53 Å². The molecule has 0 heterocycles. The average molecular weight is 272 g/mol. The molecule has 0 aliphatic heterocycles. The number of rotatable bonds is 6. The van der Waals surface area contributed by atoms with Gasteiger partial charge < -0.3 is 15.2 Å². The van der Waals surface area contributed by atoms with Crippen molar-refractivity contribution in [1.29, 1.82) is 0 Å². The minimum absolute atomic E-state index is 0.0135. The van der Waals surface area contributed by atoms with Crippen LogP contribution in [0, 0.1) is 6.92 Å². The zero-order valence-electron chi connectivity index (χ0n) is 10.6. The van der Waals surface area contributed by atoms with Crippen molar-refractivity contribution in [2.24, 2.45) is 0 Å². The predicted octanol–water partition coefficient (Wildman–Crippen LogP) is 2.37. The molecule has 100 valence electrons. The minimum atomic E-state index is -0.774. The lowest BCUT2D eigenvalue weighted by Crippen LogP contribution is -2.23. The summed E-state index contributed by atoms with van der Waals surface area (Å²) < 4.78 is 4.75. The molecule has 0 amide bonds. The van der Waals surface area contributed by atoms with E-state index in [1.165, 1.54) is 0 Å².